The third-order valence-electron chi connectivity index (χ3n) is 4.76. The van der Waals surface area contributed by atoms with E-state index in [9.17, 15) is 0 Å². The van der Waals surface area contributed by atoms with Crippen LogP contribution in [-0.4, -0.2) is 0 Å². The minimum atomic E-state index is 0.881. The number of halogens is 1. The number of aryl methyl sites for hydroxylation is 1. The number of fused-ring (bicyclic) bond motifs is 4. The second kappa shape index (κ2) is 5.78. The van der Waals surface area contributed by atoms with E-state index in [1.807, 2.05) is 18.2 Å². The zero-order valence-electron chi connectivity index (χ0n) is 13.6. The largest absolute Gasteiger partial charge is 0.452 e. The molecule has 0 aromatic heterocycles. The first-order valence-corrected chi connectivity index (χ1v) is 9.25. The molecule has 3 aromatic carbocycles. The van der Waals surface area contributed by atoms with Gasteiger partial charge in [0.15, 0.2) is 11.5 Å². The molecule has 0 amide bonds. The second-order valence-corrected chi connectivity index (χ2v) is 7.23. The van der Waals surface area contributed by atoms with Gasteiger partial charge in [0.2, 0.25) is 0 Å². The van der Waals surface area contributed by atoms with Crippen LogP contribution in [0.3, 0.4) is 0 Å². The minimum Gasteiger partial charge on any atom is -0.452 e. The Balaban J connectivity index is 1.79. The Hall–Kier alpha value is -2.52. The average molecular weight is 390 g/mol. The Labute approximate surface area is 155 Å². The Morgan fingerprint density at radius 2 is 1.80 bits per heavy atom. The maximum atomic E-state index is 6.37. The predicted octanol–water partition coefficient (Wildman–Crippen LogP) is 6.98. The van der Waals surface area contributed by atoms with Crippen LogP contribution in [0.4, 0.5) is 17.1 Å². The predicted molar refractivity (Wildman–Crippen MR) is 106 cm³/mol. The SMILES string of the molecule is Brc1ccc2c(c1)N(c1ccccc1)c1ccc3c(c1O2)C=CCC3. The summed E-state index contributed by atoms with van der Waals surface area (Å²) in [5.41, 5.74) is 5.83. The first-order chi connectivity index (χ1) is 12.3. The number of para-hydroxylation sites is 1. The summed E-state index contributed by atoms with van der Waals surface area (Å²) in [6, 6.07) is 21.0. The molecule has 1 aliphatic carbocycles. The van der Waals surface area contributed by atoms with Crippen molar-refractivity contribution < 1.29 is 4.74 Å². The van der Waals surface area contributed by atoms with Crippen LogP contribution in [0.1, 0.15) is 17.5 Å². The van der Waals surface area contributed by atoms with Crippen molar-refractivity contribution in [3.8, 4) is 11.5 Å². The molecule has 0 fully saturated rings. The van der Waals surface area contributed by atoms with E-state index >= 15 is 0 Å². The molecule has 3 aromatic rings. The highest BCUT2D eigenvalue weighted by molar-refractivity contribution is 9.10. The normalized spacial score (nSPS) is 14.4. The smallest absolute Gasteiger partial charge is 0.159 e. The molecule has 1 aliphatic heterocycles. The zero-order chi connectivity index (χ0) is 16.8. The number of hydrogen-bond donors (Lipinski definition) is 0. The molecule has 0 saturated heterocycles. The van der Waals surface area contributed by atoms with Crippen LogP contribution in [0.25, 0.3) is 6.08 Å². The quantitative estimate of drug-likeness (QED) is 0.348. The highest BCUT2D eigenvalue weighted by Crippen LogP contribution is 2.53. The highest BCUT2D eigenvalue weighted by atomic mass is 79.9. The van der Waals surface area contributed by atoms with Crippen molar-refractivity contribution in [1.29, 1.82) is 0 Å². The maximum absolute atomic E-state index is 6.37. The summed E-state index contributed by atoms with van der Waals surface area (Å²) >= 11 is 3.60. The van der Waals surface area contributed by atoms with E-state index < -0.39 is 0 Å². The average Bonchev–Trinajstić information content (AvgIpc) is 2.67. The van der Waals surface area contributed by atoms with E-state index in [4.69, 9.17) is 4.74 Å². The Morgan fingerprint density at radius 3 is 2.68 bits per heavy atom. The first-order valence-electron chi connectivity index (χ1n) is 8.46. The number of benzene rings is 3. The number of nitrogens with zero attached hydrogens (tertiary/aromatic N) is 1. The van der Waals surface area contributed by atoms with Crippen LogP contribution >= 0.6 is 15.9 Å². The molecular weight excluding hydrogens is 374 g/mol. The molecule has 2 aliphatic rings. The third kappa shape index (κ3) is 2.38. The zero-order valence-corrected chi connectivity index (χ0v) is 15.2. The van der Waals surface area contributed by atoms with Crippen molar-refractivity contribution in [1.82, 2.24) is 0 Å². The lowest BCUT2D eigenvalue weighted by Gasteiger charge is -2.34. The van der Waals surface area contributed by atoms with Gasteiger partial charge in [-0.05, 0) is 54.8 Å². The van der Waals surface area contributed by atoms with Crippen LogP contribution < -0.4 is 9.64 Å². The van der Waals surface area contributed by atoms with Gasteiger partial charge in [0.05, 0.1) is 11.4 Å². The number of hydrogen-bond acceptors (Lipinski definition) is 2. The molecular formula is C22H16BrNO. The van der Waals surface area contributed by atoms with Crippen molar-refractivity contribution in [2.45, 2.75) is 12.8 Å². The monoisotopic (exact) mass is 389 g/mol. The summed E-state index contributed by atoms with van der Waals surface area (Å²) in [5.74, 6) is 1.83. The van der Waals surface area contributed by atoms with Gasteiger partial charge < -0.3 is 9.64 Å². The molecule has 0 unspecified atom stereocenters. The molecule has 0 saturated carbocycles. The number of anilines is 3. The van der Waals surface area contributed by atoms with Crippen LogP contribution in [0.2, 0.25) is 0 Å². The van der Waals surface area contributed by atoms with Gasteiger partial charge in [-0.3, -0.25) is 0 Å². The van der Waals surface area contributed by atoms with Gasteiger partial charge in [0.25, 0.3) is 0 Å². The second-order valence-electron chi connectivity index (χ2n) is 6.31. The van der Waals surface area contributed by atoms with Gasteiger partial charge in [-0.2, -0.15) is 0 Å². The summed E-state index contributed by atoms with van der Waals surface area (Å²) in [4.78, 5) is 2.28. The molecule has 3 heteroatoms. The summed E-state index contributed by atoms with van der Waals surface area (Å²) < 4.78 is 7.41. The number of rotatable bonds is 1. The fraction of sp³-hybridized carbons (Fsp3) is 0.0909. The lowest BCUT2D eigenvalue weighted by atomic mass is 9.94. The standard InChI is InChI=1S/C22H16BrNO/c23-16-11-13-21-20(14-16)24(17-7-2-1-3-8-17)19-12-10-15-6-4-5-9-18(15)22(19)25-21/h1-3,5,7-14H,4,6H2. The molecule has 1 heterocycles. The lowest BCUT2D eigenvalue weighted by Crippen LogP contribution is -2.17. The molecule has 0 bridgehead atoms. The number of allylic oxidation sites excluding steroid dienone is 1. The van der Waals surface area contributed by atoms with Crippen molar-refractivity contribution in [2.75, 3.05) is 4.90 Å². The fourth-order valence-corrected chi connectivity index (χ4v) is 3.95. The van der Waals surface area contributed by atoms with Gasteiger partial charge in [-0.1, -0.05) is 52.3 Å². The van der Waals surface area contributed by atoms with Crippen LogP contribution in [0.5, 0.6) is 11.5 Å². The van der Waals surface area contributed by atoms with Gasteiger partial charge >= 0.3 is 0 Å². The third-order valence-corrected chi connectivity index (χ3v) is 5.25. The van der Waals surface area contributed by atoms with E-state index in [1.165, 1.54) is 11.1 Å². The molecule has 0 spiro atoms. The van der Waals surface area contributed by atoms with Crippen LogP contribution in [0.15, 0.2) is 71.2 Å². The summed E-state index contributed by atoms with van der Waals surface area (Å²) in [7, 11) is 0. The van der Waals surface area contributed by atoms with E-state index in [-0.39, 0.29) is 0 Å². The molecule has 25 heavy (non-hydrogen) atoms. The van der Waals surface area contributed by atoms with E-state index in [0.717, 1.165) is 45.9 Å². The van der Waals surface area contributed by atoms with Gasteiger partial charge in [0, 0.05) is 15.7 Å². The molecule has 5 rings (SSSR count). The molecule has 0 atom stereocenters. The van der Waals surface area contributed by atoms with Crippen molar-refractivity contribution in [2.24, 2.45) is 0 Å². The van der Waals surface area contributed by atoms with Crippen molar-refractivity contribution in [3.05, 3.63) is 82.3 Å². The summed E-state index contributed by atoms with van der Waals surface area (Å²) in [6.45, 7) is 0. The Morgan fingerprint density at radius 1 is 0.920 bits per heavy atom. The van der Waals surface area contributed by atoms with Crippen molar-refractivity contribution >= 4 is 39.1 Å². The first kappa shape index (κ1) is 14.8. The molecule has 2 nitrogen and oxygen atoms in total. The van der Waals surface area contributed by atoms with Crippen LogP contribution in [-0.2, 0) is 6.42 Å². The summed E-state index contributed by atoms with van der Waals surface area (Å²) in [6.07, 6.45) is 6.60. The van der Waals surface area contributed by atoms with Gasteiger partial charge in [-0.15, -0.1) is 0 Å². The lowest BCUT2D eigenvalue weighted by molar-refractivity contribution is 0.474. The Kier molecular flexibility index (Phi) is 3.42. The van der Waals surface area contributed by atoms with Gasteiger partial charge in [-0.25, -0.2) is 0 Å². The van der Waals surface area contributed by atoms with Crippen molar-refractivity contribution in [3.63, 3.8) is 0 Å². The molecule has 0 N–H and O–H groups in total. The fourth-order valence-electron chi connectivity index (χ4n) is 3.60. The molecule has 0 radical (unpaired) electrons. The topological polar surface area (TPSA) is 12.5 Å². The highest BCUT2D eigenvalue weighted by Gasteiger charge is 2.28. The summed E-state index contributed by atoms with van der Waals surface area (Å²) in [5, 5.41) is 0. The Bertz CT molecular complexity index is 994. The maximum Gasteiger partial charge on any atom is 0.159 e. The molecule has 122 valence electrons. The van der Waals surface area contributed by atoms with E-state index in [2.05, 4.69) is 75.4 Å². The van der Waals surface area contributed by atoms with Crippen LogP contribution in [0, 0.1) is 0 Å². The van der Waals surface area contributed by atoms with Gasteiger partial charge in [0.1, 0.15) is 0 Å². The minimum absolute atomic E-state index is 0.881. The number of ether oxygens (including phenoxy) is 1. The van der Waals surface area contributed by atoms with E-state index in [0.29, 0.717) is 0 Å². The van der Waals surface area contributed by atoms with E-state index in [1.54, 1.807) is 0 Å².